The monoisotopic (exact) mass is 290 g/mol. The van der Waals surface area contributed by atoms with E-state index in [9.17, 15) is 4.79 Å². The second-order valence-corrected chi connectivity index (χ2v) is 5.65. The molecule has 1 unspecified atom stereocenters. The molecule has 1 amide bonds. The van der Waals surface area contributed by atoms with Crippen molar-refractivity contribution < 1.29 is 9.53 Å². The van der Waals surface area contributed by atoms with Gasteiger partial charge in [-0.3, -0.25) is 4.79 Å². The molecule has 2 rings (SSSR count). The fraction of sp³-hybridized carbons (Fsp3) is 0.588. The van der Waals surface area contributed by atoms with Gasteiger partial charge < -0.3 is 15.0 Å². The third kappa shape index (κ3) is 3.76. The maximum atomic E-state index is 12.8. The van der Waals surface area contributed by atoms with Gasteiger partial charge in [0.25, 0.3) is 5.91 Å². The Bertz CT molecular complexity index is 488. The summed E-state index contributed by atoms with van der Waals surface area (Å²) in [6.45, 7) is 6.43. The average molecular weight is 290 g/mol. The molecule has 0 bridgehead atoms. The molecule has 1 aromatic rings. The van der Waals surface area contributed by atoms with E-state index in [1.165, 1.54) is 11.3 Å². The topological polar surface area (TPSA) is 41.6 Å². The fourth-order valence-corrected chi connectivity index (χ4v) is 2.71. The molecule has 1 N–H and O–H groups in total. The van der Waals surface area contributed by atoms with Gasteiger partial charge in [0, 0.05) is 37.5 Å². The SMILES string of the molecule is CCC(C)N(CCOC)C(=O)c1ccc2c(c1)CCCN2. The first-order valence-corrected chi connectivity index (χ1v) is 7.84. The molecule has 4 nitrogen and oxygen atoms in total. The van der Waals surface area contributed by atoms with Crippen molar-refractivity contribution in [3.05, 3.63) is 29.3 Å². The molecule has 0 saturated heterocycles. The number of benzene rings is 1. The van der Waals surface area contributed by atoms with Crippen molar-refractivity contribution in [1.29, 1.82) is 0 Å². The van der Waals surface area contributed by atoms with Crippen LogP contribution < -0.4 is 5.32 Å². The summed E-state index contributed by atoms with van der Waals surface area (Å²) in [6, 6.07) is 6.24. The first-order chi connectivity index (χ1) is 10.2. The molecule has 1 aliphatic rings. The van der Waals surface area contributed by atoms with E-state index in [4.69, 9.17) is 4.74 Å². The van der Waals surface area contributed by atoms with Crippen molar-refractivity contribution in [1.82, 2.24) is 4.90 Å². The molecule has 1 aliphatic heterocycles. The maximum Gasteiger partial charge on any atom is 0.254 e. The number of hydrogen-bond donors (Lipinski definition) is 1. The van der Waals surface area contributed by atoms with Gasteiger partial charge in [-0.2, -0.15) is 0 Å². The van der Waals surface area contributed by atoms with Crippen LogP contribution in [-0.2, 0) is 11.2 Å². The zero-order valence-corrected chi connectivity index (χ0v) is 13.3. The minimum absolute atomic E-state index is 0.106. The number of rotatable bonds is 6. The number of methoxy groups -OCH3 is 1. The van der Waals surface area contributed by atoms with E-state index in [0.717, 1.165) is 31.4 Å². The number of fused-ring (bicyclic) bond motifs is 1. The molecular weight excluding hydrogens is 264 g/mol. The highest BCUT2D eigenvalue weighted by molar-refractivity contribution is 5.95. The van der Waals surface area contributed by atoms with Crippen molar-refractivity contribution in [3.63, 3.8) is 0 Å². The van der Waals surface area contributed by atoms with Gasteiger partial charge in [0.1, 0.15) is 0 Å². The highest BCUT2D eigenvalue weighted by Gasteiger charge is 2.21. The molecular formula is C17H26N2O2. The molecule has 0 spiro atoms. The van der Waals surface area contributed by atoms with Crippen molar-refractivity contribution in [2.24, 2.45) is 0 Å². The van der Waals surface area contributed by atoms with E-state index >= 15 is 0 Å². The molecule has 0 radical (unpaired) electrons. The van der Waals surface area contributed by atoms with E-state index in [-0.39, 0.29) is 11.9 Å². The molecule has 0 fully saturated rings. The van der Waals surface area contributed by atoms with E-state index in [1.807, 2.05) is 23.1 Å². The number of aryl methyl sites for hydroxylation is 1. The van der Waals surface area contributed by atoms with Gasteiger partial charge in [0.2, 0.25) is 0 Å². The van der Waals surface area contributed by atoms with Gasteiger partial charge in [-0.1, -0.05) is 6.92 Å². The quantitative estimate of drug-likeness (QED) is 0.876. The Morgan fingerprint density at radius 1 is 1.48 bits per heavy atom. The fourth-order valence-electron chi connectivity index (χ4n) is 2.71. The summed E-state index contributed by atoms with van der Waals surface area (Å²) in [5, 5.41) is 3.38. The predicted octanol–water partition coefficient (Wildman–Crippen LogP) is 2.93. The zero-order chi connectivity index (χ0) is 15.2. The summed E-state index contributed by atoms with van der Waals surface area (Å²) < 4.78 is 5.14. The molecule has 116 valence electrons. The minimum atomic E-state index is 0.106. The predicted molar refractivity (Wildman–Crippen MR) is 85.9 cm³/mol. The summed E-state index contributed by atoms with van der Waals surface area (Å²) in [4.78, 5) is 14.7. The summed E-state index contributed by atoms with van der Waals surface area (Å²) in [6.07, 6.45) is 3.12. The molecule has 4 heteroatoms. The standard InChI is InChI=1S/C17H26N2O2/c1-4-13(2)19(10-11-21-3)17(20)15-7-8-16-14(12-15)6-5-9-18-16/h7-8,12-13,18H,4-6,9-11H2,1-3H3. The third-order valence-electron chi connectivity index (χ3n) is 4.21. The van der Waals surface area contributed by atoms with E-state index < -0.39 is 0 Å². The van der Waals surface area contributed by atoms with E-state index in [1.54, 1.807) is 7.11 Å². The van der Waals surface area contributed by atoms with Gasteiger partial charge >= 0.3 is 0 Å². The van der Waals surface area contributed by atoms with Gasteiger partial charge in [0.05, 0.1) is 6.61 Å². The first-order valence-electron chi connectivity index (χ1n) is 7.84. The number of ether oxygens (including phenoxy) is 1. The van der Waals surface area contributed by atoms with E-state index in [0.29, 0.717) is 13.2 Å². The Balaban J connectivity index is 2.19. The summed E-state index contributed by atoms with van der Waals surface area (Å²) >= 11 is 0. The number of carbonyl (C=O) groups excluding carboxylic acids is 1. The van der Waals surface area contributed by atoms with Crippen molar-refractivity contribution in [3.8, 4) is 0 Å². The molecule has 21 heavy (non-hydrogen) atoms. The lowest BCUT2D eigenvalue weighted by atomic mass is 10.00. The molecule has 0 aromatic heterocycles. The normalized spacial score (nSPS) is 15.0. The lowest BCUT2D eigenvalue weighted by Crippen LogP contribution is -2.40. The molecule has 0 saturated carbocycles. The molecule has 1 atom stereocenters. The maximum absolute atomic E-state index is 12.8. The Morgan fingerprint density at radius 2 is 2.29 bits per heavy atom. The van der Waals surface area contributed by atoms with Crippen LogP contribution in [0.2, 0.25) is 0 Å². The van der Waals surface area contributed by atoms with E-state index in [2.05, 4.69) is 19.2 Å². The number of nitrogens with zero attached hydrogens (tertiary/aromatic N) is 1. The lowest BCUT2D eigenvalue weighted by molar-refractivity contribution is 0.0614. The van der Waals surface area contributed by atoms with Gasteiger partial charge in [-0.05, 0) is 49.9 Å². The van der Waals surface area contributed by atoms with Crippen LogP contribution in [-0.4, -0.2) is 43.7 Å². The molecule has 1 heterocycles. The third-order valence-corrected chi connectivity index (χ3v) is 4.21. The number of hydrogen-bond acceptors (Lipinski definition) is 3. The summed E-state index contributed by atoms with van der Waals surface area (Å²) in [5.41, 5.74) is 3.21. The van der Waals surface area contributed by atoms with Gasteiger partial charge in [-0.15, -0.1) is 0 Å². The van der Waals surface area contributed by atoms with Crippen LogP contribution in [0.3, 0.4) is 0 Å². The summed E-state index contributed by atoms with van der Waals surface area (Å²) in [5.74, 6) is 0.106. The van der Waals surface area contributed by atoms with Crippen LogP contribution in [0.4, 0.5) is 5.69 Å². The van der Waals surface area contributed by atoms with Crippen LogP contribution >= 0.6 is 0 Å². The number of carbonyl (C=O) groups is 1. The second kappa shape index (κ2) is 7.46. The molecule has 0 aliphatic carbocycles. The average Bonchev–Trinajstić information content (AvgIpc) is 2.54. The number of amides is 1. The van der Waals surface area contributed by atoms with Gasteiger partial charge in [0.15, 0.2) is 0 Å². The lowest BCUT2D eigenvalue weighted by Gasteiger charge is -2.29. The Hall–Kier alpha value is -1.55. The van der Waals surface area contributed by atoms with Crippen LogP contribution in [0.15, 0.2) is 18.2 Å². The minimum Gasteiger partial charge on any atom is -0.385 e. The first kappa shape index (κ1) is 15.8. The zero-order valence-electron chi connectivity index (χ0n) is 13.3. The van der Waals surface area contributed by atoms with Crippen LogP contribution in [0.5, 0.6) is 0 Å². The highest BCUT2D eigenvalue weighted by Crippen LogP contribution is 2.24. The van der Waals surface area contributed by atoms with Crippen molar-refractivity contribution in [2.75, 3.05) is 32.1 Å². The Morgan fingerprint density at radius 3 is 3.00 bits per heavy atom. The highest BCUT2D eigenvalue weighted by atomic mass is 16.5. The van der Waals surface area contributed by atoms with Gasteiger partial charge in [-0.25, -0.2) is 0 Å². The Labute approximate surface area is 127 Å². The summed E-state index contributed by atoms with van der Waals surface area (Å²) in [7, 11) is 1.67. The number of anilines is 1. The Kier molecular flexibility index (Phi) is 5.62. The van der Waals surface area contributed by atoms with Crippen LogP contribution in [0.1, 0.15) is 42.6 Å². The smallest absolute Gasteiger partial charge is 0.254 e. The van der Waals surface area contributed by atoms with Crippen molar-refractivity contribution in [2.45, 2.75) is 39.2 Å². The largest absolute Gasteiger partial charge is 0.385 e. The molecule has 1 aromatic carbocycles. The van der Waals surface area contributed by atoms with Crippen molar-refractivity contribution >= 4 is 11.6 Å². The van der Waals surface area contributed by atoms with Crippen LogP contribution in [0.25, 0.3) is 0 Å². The second-order valence-electron chi connectivity index (χ2n) is 5.65. The number of nitrogens with one attached hydrogen (secondary N) is 1. The van der Waals surface area contributed by atoms with Crippen LogP contribution in [0, 0.1) is 0 Å².